The average Bonchev–Trinajstić information content (AvgIpc) is 2.58. The zero-order valence-corrected chi connectivity index (χ0v) is 12.6. The number of benzene rings is 2. The third-order valence-electron chi connectivity index (χ3n) is 2.42. The van der Waals surface area contributed by atoms with Gasteiger partial charge in [0.25, 0.3) is 0 Å². The Kier molecular flexibility index (Phi) is 12.1. The van der Waals surface area contributed by atoms with Gasteiger partial charge < -0.3 is 0 Å². The first-order valence-corrected chi connectivity index (χ1v) is 6.84. The highest BCUT2D eigenvalue weighted by Gasteiger charge is 1.82. The molecule has 0 saturated heterocycles. The van der Waals surface area contributed by atoms with Gasteiger partial charge in [-0.3, -0.25) is 0 Å². The molecule has 0 nitrogen and oxygen atoms in total. The van der Waals surface area contributed by atoms with Crippen LogP contribution in [0.15, 0.2) is 105 Å². The summed E-state index contributed by atoms with van der Waals surface area (Å²) in [5, 5.41) is 0. The van der Waals surface area contributed by atoms with Gasteiger partial charge in [-0.1, -0.05) is 105 Å². The lowest BCUT2D eigenvalue weighted by molar-refractivity contribution is 1.28. The van der Waals surface area contributed by atoms with Crippen LogP contribution in [0.25, 0.3) is 6.08 Å². The van der Waals surface area contributed by atoms with Crippen LogP contribution in [0.1, 0.15) is 11.1 Å². The van der Waals surface area contributed by atoms with Crippen molar-refractivity contribution in [3.8, 4) is 0 Å². The maximum atomic E-state index is 3.66. The van der Waals surface area contributed by atoms with Crippen molar-refractivity contribution in [3.05, 3.63) is 116 Å². The van der Waals surface area contributed by atoms with Crippen LogP contribution in [-0.2, 0) is 6.42 Å². The monoisotopic (exact) mass is 276 g/mol. The molecule has 0 heteroatoms. The fraction of sp³-hybridized carbons (Fsp3) is 0.0476. The number of allylic oxidation sites excluding steroid dienone is 3. The molecule has 0 radical (unpaired) electrons. The lowest BCUT2D eigenvalue weighted by Gasteiger charge is -1.91. The normalized spacial score (nSPS) is 8.00. The molecule has 0 unspecified atom stereocenters. The van der Waals surface area contributed by atoms with Crippen LogP contribution in [0.3, 0.4) is 0 Å². The van der Waals surface area contributed by atoms with E-state index in [2.05, 4.69) is 38.4 Å². The van der Waals surface area contributed by atoms with Crippen molar-refractivity contribution in [3.63, 3.8) is 0 Å². The van der Waals surface area contributed by atoms with E-state index >= 15 is 0 Å². The Morgan fingerprint density at radius 2 is 1.14 bits per heavy atom. The molecule has 0 saturated carbocycles. The highest BCUT2D eigenvalue weighted by atomic mass is 13.9. The maximum Gasteiger partial charge on any atom is -0.0100 e. The second-order valence-electron chi connectivity index (χ2n) is 4.06. The maximum absolute atomic E-state index is 3.66. The molecule has 0 aliphatic heterocycles. The Morgan fingerprint density at radius 1 is 0.667 bits per heavy atom. The van der Waals surface area contributed by atoms with Crippen molar-refractivity contribution in [2.75, 3.05) is 0 Å². The van der Waals surface area contributed by atoms with Crippen LogP contribution < -0.4 is 0 Å². The molecular weight excluding hydrogens is 252 g/mol. The van der Waals surface area contributed by atoms with Gasteiger partial charge in [0.05, 0.1) is 0 Å². The first-order valence-electron chi connectivity index (χ1n) is 6.84. The fourth-order valence-electron chi connectivity index (χ4n) is 1.37. The molecule has 0 N–H and O–H groups in total. The molecule has 0 bridgehead atoms. The van der Waals surface area contributed by atoms with E-state index in [1.54, 1.807) is 12.2 Å². The van der Waals surface area contributed by atoms with E-state index in [1.807, 2.05) is 60.7 Å². The minimum Gasteiger partial charge on any atom is -0.103 e. The molecule has 0 amide bonds. The molecule has 0 aromatic heterocycles. The van der Waals surface area contributed by atoms with Gasteiger partial charge in [0.15, 0.2) is 0 Å². The Morgan fingerprint density at radius 3 is 1.48 bits per heavy atom. The molecule has 0 atom stereocenters. The van der Waals surface area contributed by atoms with E-state index in [4.69, 9.17) is 0 Å². The molecule has 0 spiro atoms. The number of rotatable bonds is 4. The summed E-state index contributed by atoms with van der Waals surface area (Å²) < 4.78 is 0. The van der Waals surface area contributed by atoms with Gasteiger partial charge in [0.2, 0.25) is 0 Å². The lowest BCUT2D eigenvalue weighted by Crippen LogP contribution is -1.75. The van der Waals surface area contributed by atoms with E-state index in [-0.39, 0.29) is 0 Å². The van der Waals surface area contributed by atoms with Crippen LogP contribution in [0.4, 0.5) is 0 Å². The molecule has 0 heterocycles. The Bertz CT molecular complexity index is 500. The standard InChI is InChI=1S/C9H10.C8H8.C4H6/c1-2-6-9-7-4-3-5-8-9;1-2-8-6-4-3-5-7-8;1-3-4-2/h2-5,7-8H,1,6H2;2-7H,1H2;3-4H,1-2H2. The molecule has 0 aliphatic carbocycles. The summed E-state index contributed by atoms with van der Waals surface area (Å²) in [5.41, 5.74) is 2.50. The van der Waals surface area contributed by atoms with E-state index in [1.165, 1.54) is 11.1 Å². The fourth-order valence-corrected chi connectivity index (χ4v) is 1.37. The summed E-state index contributed by atoms with van der Waals surface area (Å²) in [7, 11) is 0. The molecule has 0 fully saturated rings. The summed E-state index contributed by atoms with van der Waals surface area (Å²) in [6.07, 6.45) is 8.00. The number of hydrogen-bond donors (Lipinski definition) is 0. The van der Waals surface area contributed by atoms with Crippen LogP contribution in [-0.4, -0.2) is 0 Å². The van der Waals surface area contributed by atoms with E-state index in [0.29, 0.717) is 0 Å². The van der Waals surface area contributed by atoms with Gasteiger partial charge in [-0.05, 0) is 17.5 Å². The summed E-state index contributed by atoms with van der Waals surface area (Å²) in [6.45, 7) is 14.0. The first kappa shape index (κ1) is 18.4. The van der Waals surface area contributed by atoms with Crippen molar-refractivity contribution >= 4 is 6.08 Å². The van der Waals surface area contributed by atoms with Crippen LogP contribution >= 0.6 is 0 Å². The average molecular weight is 276 g/mol. The molecular formula is C21H24. The zero-order valence-electron chi connectivity index (χ0n) is 12.6. The predicted octanol–water partition coefficient (Wildman–Crippen LogP) is 6.10. The molecule has 2 aromatic carbocycles. The largest absolute Gasteiger partial charge is 0.103 e. The Balaban J connectivity index is 0.000000308. The van der Waals surface area contributed by atoms with Crippen LogP contribution in [0, 0.1) is 0 Å². The molecule has 108 valence electrons. The second-order valence-corrected chi connectivity index (χ2v) is 4.06. The minimum atomic E-state index is 0.973. The van der Waals surface area contributed by atoms with Crippen molar-refractivity contribution in [1.29, 1.82) is 0 Å². The summed E-state index contributed by atoms with van der Waals surface area (Å²) in [5.74, 6) is 0. The second kappa shape index (κ2) is 13.8. The Labute approximate surface area is 129 Å². The molecule has 2 rings (SSSR count). The quantitative estimate of drug-likeness (QED) is 0.467. The van der Waals surface area contributed by atoms with E-state index in [0.717, 1.165) is 6.42 Å². The van der Waals surface area contributed by atoms with Gasteiger partial charge in [0.1, 0.15) is 0 Å². The predicted molar refractivity (Wildman–Crippen MR) is 97.3 cm³/mol. The van der Waals surface area contributed by atoms with E-state index < -0.39 is 0 Å². The minimum absolute atomic E-state index is 0.973. The van der Waals surface area contributed by atoms with Gasteiger partial charge in [-0.25, -0.2) is 0 Å². The van der Waals surface area contributed by atoms with Crippen molar-refractivity contribution < 1.29 is 0 Å². The summed E-state index contributed by atoms with van der Waals surface area (Å²) >= 11 is 0. The van der Waals surface area contributed by atoms with Crippen molar-refractivity contribution in [2.24, 2.45) is 0 Å². The Hall–Kier alpha value is -2.60. The summed E-state index contributed by atoms with van der Waals surface area (Å²) in [4.78, 5) is 0. The van der Waals surface area contributed by atoms with Gasteiger partial charge in [-0.15, -0.1) is 6.58 Å². The third-order valence-corrected chi connectivity index (χ3v) is 2.42. The van der Waals surface area contributed by atoms with Gasteiger partial charge >= 0.3 is 0 Å². The topological polar surface area (TPSA) is 0 Å². The number of hydrogen-bond acceptors (Lipinski definition) is 0. The molecule has 0 aliphatic rings. The van der Waals surface area contributed by atoms with Crippen LogP contribution in [0.2, 0.25) is 0 Å². The van der Waals surface area contributed by atoms with E-state index in [9.17, 15) is 0 Å². The zero-order chi connectivity index (χ0) is 15.8. The molecule has 2 aromatic rings. The van der Waals surface area contributed by atoms with Crippen LogP contribution in [0.5, 0.6) is 0 Å². The SMILES string of the molecule is C=CC=C.C=CCc1ccccc1.C=Cc1ccccc1. The van der Waals surface area contributed by atoms with Crippen molar-refractivity contribution in [2.45, 2.75) is 6.42 Å². The third kappa shape index (κ3) is 11.0. The van der Waals surface area contributed by atoms with Crippen molar-refractivity contribution in [1.82, 2.24) is 0 Å². The summed E-state index contributed by atoms with van der Waals surface area (Å²) in [6, 6.07) is 20.3. The van der Waals surface area contributed by atoms with Gasteiger partial charge in [0, 0.05) is 0 Å². The lowest BCUT2D eigenvalue weighted by atomic mass is 10.2. The molecule has 21 heavy (non-hydrogen) atoms. The highest BCUT2D eigenvalue weighted by Crippen LogP contribution is 1.98. The smallest absolute Gasteiger partial charge is 0.0100 e. The highest BCUT2D eigenvalue weighted by molar-refractivity contribution is 5.45. The first-order chi connectivity index (χ1) is 10.3. The van der Waals surface area contributed by atoms with Gasteiger partial charge in [-0.2, -0.15) is 0 Å².